The van der Waals surface area contributed by atoms with Crippen LogP contribution in [0.3, 0.4) is 0 Å². The molecule has 3 rings (SSSR count). The van der Waals surface area contributed by atoms with Gasteiger partial charge in [0.2, 0.25) is 0 Å². The minimum absolute atomic E-state index is 0.809. The molecule has 3 aromatic heterocycles. The molecular weight excluding hydrogens is 218 g/mol. The number of nitrogens with zero attached hydrogens (tertiary/aromatic N) is 3. The van der Waals surface area contributed by atoms with E-state index in [9.17, 15) is 0 Å². The van der Waals surface area contributed by atoms with Gasteiger partial charge >= 0.3 is 0 Å². The summed E-state index contributed by atoms with van der Waals surface area (Å²) in [5.74, 6) is 0.809. The van der Waals surface area contributed by atoms with Gasteiger partial charge in [0.15, 0.2) is 11.5 Å². The Kier molecular flexibility index (Phi) is 2.04. The molecule has 0 radical (unpaired) electrons. The molecule has 0 amide bonds. The molecule has 0 saturated heterocycles. The van der Waals surface area contributed by atoms with Gasteiger partial charge < -0.3 is 0 Å². The minimum atomic E-state index is 0.809. The van der Waals surface area contributed by atoms with Gasteiger partial charge in [-0.15, -0.1) is 16.4 Å². The predicted molar refractivity (Wildman–Crippen MR) is 65.8 cm³/mol. The van der Waals surface area contributed by atoms with E-state index in [1.807, 2.05) is 22.8 Å². The van der Waals surface area contributed by atoms with E-state index in [4.69, 9.17) is 0 Å². The van der Waals surface area contributed by atoms with Crippen LogP contribution in [0.2, 0.25) is 0 Å². The van der Waals surface area contributed by atoms with Crippen molar-refractivity contribution in [3.8, 4) is 10.7 Å². The zero-order chi connectivity index (χ0) is 11.1. The van der Waals surface area contributed by atoms with E-state index in [2.05, 4.69) is 36.1 Å². The molecule has 0 aliphatic carbocycles. The van der Waals surface area contributed by atoms with E-state index >= 15 is 0 Å². The highest BCUT2D eigenvalue weighted by atomic mass is 32.1. The first-order chi connectivity index (χ1) is 7.72. The maximum absolute atomic E-state index is 4.50. The first kappa shape index (κ1) is 9.54. The van der Waals surface area contributed by atoms with E-state index in [0.29, 0.717) is 0 Å². The van der Waals surface area contributed by atoms with Crippen molar-refractivity contribution in [2.75, 3.05) is 0 Å². The summed E-state index contributed by atoms with van der Waals surface area (Å²) in [5.41, 5.74) is 2.08. The third kappa shape index (κ3) is 1.51. The van der Waals surface area contributed by atoms with Crippen molar-refractivity contribution in [2.24, 2.45) is 0 Å². The number of fused-ring (bicyclic) bond motifs is 1. The van der Waals surface area contributed by atoms with Crippen LogP contribution in [-0.2, 0) is 0 Å². The van der Waals surface area contributed by atoms with Crippen LogP contribution in [0.1, 0.15) is 10.4 Å². The zero-order valence-corrected chi connectivity index (χ0v) is 9.95. The molecule has 0 fully saturated rings. The maximum atomic E-state index is 4.50. The fourth-order valence-electron chi connectivity index (χ4n) is 1.64. The van der Waals surface area contributed by atoms with E-state index < -0.39 is 0 Å². The summed E-state index contributed by atoms with van der Waals surface area (Å²) < 4.78 is 1.83. The van der Waals surface area contributed by atoms with Crippen LogP contribution in [0.25, 0.3) is 16.3 Å². The first-order valence-electron chi connectivity index (χ1n) is 5.12. The van der Waals surface area contributed by atoms with Crippen molar-refractivity contribution in [1.29, 1.82) is 0 Å². The molecule has 3 heterocycles. The van der Waals surface area contributed by atoms with Gasteiger partial charge in [0, 0.05) is 11.1 Å². The molecule has 0 bridgehead atoms. The lowest BCUT2D eigenvalue weighted by Crippen LogP contribution is -1.87. The second-order valence-corrected chi connectivity index (χ2v) is 5.14. The fourth-order valence-corrected chi connectivity index (χ4v) is 2.44. The van der Waals surface area contributed by atoms with Crippen LogP contribution >= 0.6 is 11.3 Å². The molecule has 0 unspecified atom stereocenters. The van der Waals surface area contributed by atoms with Crippen molar-refractivity contribution >= 4 is 17.0 Å². The second kappa shape index (κ2) is 3.42. The summed E-state index contributed by atoms with van der Waals surface area (Å²) in [6, 6.07) is 8.21. The Morgan fingerprint density at radius 1 is 1.12 bits per heavy atom. The third-order valence-electron chi connectivity index (χ3n) is 2.44. The quantitative estimate of drug-likeness (QED) is 0.642. The van der Waals surface area contributed by atoms with Gasteiger partial charge in [0.05, 0.1) is 4.88 Å². The van der Waals surface area contributed by atoms with Crippen molar-refractivity contribution in [3.63, 3.8) is 0 Å². The van der Waals surface area contributed by atoms with E-state index in [1.165, 1.54) is 10.4 Å². The molecule has 0 aromatic carbocycles. The van der Waals surface area contributed by atoms with E-state index in [0.717, 1.165) is 16.3 Å². The van der Waals surface area contributed by atoms with Gasteiger partial charge in [-0.2, -0.15) is 0 Å². The number of hydrogen-bond acceptors (Lipinski definition) is 3. The Bertz CT molecular complexity index is 651. The molecule has 3 nitrogen and oxygen atoms in total. The predicted octanol–water partition coefficient (Wildman–Crippen LogP) is 3.07. The Morgan fingerprint density at radius 3 is 2.75 bits per heavy atom. The third-order valence-corrected chi connectivity index (χ3v) is 3.44. The Labute approximate surface area is 97.4 Å². The maximum Gasteiger partial charge on any atom is 0.192 e. The molecule has 3 aromatic rings. The van der Waals surface area contributed by atoms with Crippen LogP contribution < -0.4 is 0 Å². The SMILES string of the molecule is Cc1ccc2nc(-c3ccc(C)s3)nn2c1. The van der Waals surface area contributed by atoms with Crippen molar-refractivity contribution in [1.82, 2.24) is 14.6 Å². The van der Waals surface area contributed by atoms with Gasteiger partial charge in [0.25, 0.3) is 0 Å². The molecule has 0 N–H and O–H groups in total. The standard InChI is InChI=1S/C12H11N3S/c1-8-3-6-11-13-12(14-15(11)7-8)10-5-4-9(2)16-10/h3-7H,1-2H3. The molecular formula is C12H11N3S. The van der Waals surface area contributed by atoms with Crippen LogP contribution in [-0.4, -0.2) is 14.6 Å². The van der Waals surface area contributed by atoms with Crippen molar-refractivity contribution in [3.05, 3.63) is 40.9 Å². The van der Waals surface area contributed by atoms with Crippen LogP contribution in [0.5, 0.6) is 0 Å². The van der Waals surface area contributed by atoms with Crippen molar-refractivity contribution in [2.45, 2.75) is 13.8 Å². The first-order valence-corrected chi connectivity index (χ1v) is 5.94. The summed E-state index contributed by atoms with van der Waals surface area (Å²) in [6.07, 6.45) is 1.99. The van der Waals surface area contributed by atoms with Gasteiger partial charge in [-0.05, 0) is 37.6 Å². The zero-order valence-electron chi connectivity index (χ0n) is 9.14. The van der Waals surface area contributed by atoms with E-state index in [1.54, 1.807) is 11.3 Å². The highest BCUT2D eigenvalue weighted by Gasteiger charge is 2.07. The summed E-state index contributed by atoms with van der Waals surface area (Å²) in [7, 11) is 0. The highest BCUT2D eigenvalue weighted by Crippen LogP contribution is 2.25. The molecule has 0 aliphatic rings. The molecule has 0 spiro atoms. The monoisotopic (exact) mass is 229 g/mol. The van der Waals surface area contributed by atoms with Gasteiger partial charge in [0.1, 0.15) is 0 Å². The second-order valence-electron chi connectivity index (χ2n) is 3.85. The smallest absolute Gasteiger partial charge is 0.192 e. The summed E-state index contributed by atoms with van der Waals surface area (Å²) in [6.45, 7) is 4.14. The summed E-state index contributed by atoms with van der Waals surface area (Å²) in [4.78, 5) is 6.91. The average molecular weight is 229 g/mol. The van der Waals surface area contributed by atoms with Crippen LogP contribution in [0, 0.1) is 13.8 Å². The van der Waals surface area contributed by atoms with E-state index in [-0.39, 0.29) is 0 Å². The molecule has 0 atom stereocenters. The molecule has 16 heavy (non-hydrogen) atoms. The average Bonchev–Trinajstić information content (AvgIpc) is 2.83. The topological polar surface area (TPSA) is 30.2 Å². The lowest BCUT2D eigenvalue weighted by atomic mass is 10.3. The minimum Gasteiger partial charge on any atom is -0.220 e. The number of rotatable bonds is 1. The van der Waals surface area contributed by atoms with Crippen LogP contribution in [0.4, 0.5) is 0 Å². The number of thiophene rings is 1. The van der Waals surface area contributed by atoms with Crippen LogP contribution in [0.15, 0.2) is 30.5 Å². The van der Waals surface area contributed by atoms with Gasteiger partial charge in [-0.3, -0.25) is 0 Å². The summed E-state index contributed by atoms with van der Waals surface area (Å²) >= 11 is 1.72. The van der Waals surface area contributed by atoms with Crippen molar-refractivity contribution < 1.29 is 0 Å². The lowest BCUT2D eigenvalue weighted by molar-refractivity contribution is 0.957. The molecule has 80 valence electrons. The number of pyridine rings is 1. The highest BCUT2D eigenvalue weighted by molar-refractivity contribution is 7.15. The fraction of sp³-hybridized carbons (Fsp3) is 0.167. The molecule has 0 saturated carbocycles. The number of aryl methyl sites for hydroxylation is 2. The summed E-state index contributed by atoms with van der Waals surface area (Å²) in [5, 5.41) is 4.47. The number of hydrogen-bond donors (Lipinski definition) is 0. The Morgan fingerprint density at radius 2 is 2.00 bits per heavy atom. The van der Waals surface area contributed by atoms with Gasteiger partial charge in [-0.1, -0.05) is 6.07 Å². The normalized spacial score (nSPS) is 11.1. The number of aromatic nitrogens is 3. The largest absolute Gasteiger partial charge is 0.220 e. The Balaban J connectivity index is 2.18. The molecule has 4 heteroatoms. The van der Waals surface area contributed by atoms with Gasteiger partial charge in [-0.25, -0.2) is 9.50 Å². The molecule has 0 aliphatic heterocycles. The Hall–Kier alpha value is -1.68. The lowest BCUT2D eigenvalue weighted by Gasteiger charge is -1.91.